The molecule has 2 N–H and O–H groups in total. The number of thioether (sulfide) groups is 1. The predicted molar refractivity (Wildman–Crippen MR) is 80.6 cm³/mol. The number of fused-ring (bicyclic) bond motifs is 1. The fraction of sp³-hybridized carbons (Fsp3) is 0.100. The number of hydrogen-bond acceptors (Lipinski definition) is 5. The molecule has 2 heterocycles. The molecule has 0 saturated heterocycles. The molecule has 0 aliphatic carbocycles. The number of nitrogens with one attached hydrogen (secondary N) is 2. The monoisotopic (exact) mass is 354 g/mol. The lowest BCUT2D eigenvalue weighted by Gasteiger charge is -2.05. The first kappa shape index (κ1) is 15.6. The summed E-state index contributed by atoms with van der Waals surface area (Å²) in [7, 11) is 0. The molecule has 0 fully saturated rings. The third kappa shape index (κ3) is 2.93. The van der Waals surface area contributed by atoms with Crippen LogP contribution in [0.4, 0.5) is 8.78 Å². The molecular weight excluding hydrogens is 349 g/mol. The fourth-order valence-corrected chi connectivity index (χ4v) is 2.96. The molecule has 0 aliphatic heterocycles. The number of nitrogens with zero attached hydrogens (tertiary/aromatic N) is 2. The minimum atomic E-state index is -2.94. The smallest absolute Gasteiger partial charge is 0.285 e. The summed E-state index contributed by atoms with van der Waals surface area (Å²) in [5, 5.41) is 13.9. The van der Waals surface area contributed by atoms with Crippen molar-refractivity contribution < 1.29 is 8.78 Å². The summed E-state index contributed by atoms with van der Waals surface area (Å²) in [5.74, 6) is 0.0261. The summed E-state index contributed by atoms with van der Waals surface area (Å²) in [5.41, 5.74) is 0.357. The topological polar surface area (TPSA) is 65.0 Å². The van der Waals surface area contributed by atoms with Crippen molar-refractivity contribution in [2.75, 3.05) is 0 Å². The van der Waals surface area contributed by atoms with Gasteiger partial charge in [0, 0.05) is 11.1 Å². The zero-order valence-corrected chi connectivity index (χ0v) is 12.7. The van der Waals surface area contributed by atoms with Gasteiger partial charge in [0.25, 0.3) is 6.43 Å². The van der Waals surface area contributed by atoms with Gasteiger partial charge in [-0.05, 0) is 17.8 Å². The lowest BCUT2D eigenvalue weighted by atomic mass is 10.4. The molecule has 0 amide bonds. The number of halogens is 4. The van der Waals surface area contributed by atoms with Crippen LogP contribution in [0.5, 0.6) is 0 Å². The van der Waals surface area contributed by atoms with Gasteiger partial charge >= 0.3 is 0 Å². The number of alkyl halides is 2. The van der Waals surface area contributed by atoms with Gasteiger partial charge in [-0.3, -0.25) is 15.2 Å². The molecule has 0 unspecified atom stereocenters. The molecule has 0 spiro atoms. The molecule has 106 valence electrons. The Morgan fingerprint density at radius 3 is 2.65 bits per heavy atom. The van der Waals surface area contributed by atoms with E-state index in [2.05, 4.69) is 17.6 Å². The molecule has 0 saturated carbocycles. The van der Waals surface area contributed by atoms with Crippen LogP contribution in [0, 0.1) is 10.8 Å². The maximum Gasteiger partial charge on any atom is 0.285 e. The summed E-state index contributed by atoms with van der Waals surface area (Å²) in [6.07, 6.45) is -1.43. The van der Waals surface area contributed by atoms with Crippen molar-refractivity contribution in [1.29, 1.82) is 10.8 Å². The van der Waals surface area contributed by atoms with E-state index in [-0.39, 0.29) is 21.0 Å². The summed E-state index contributed by atoms with van der Waals surface area (Å²) in [4.78, 5) is 4.43. The standard InChI is InChI=1S/C10H6Cl2F2N4S2/c11-4-1-3(19)2-18-5(4)6(12)17-10(18)9(16)20-8(15)7(13)14/h1-2,7,15-16,19H. The summed E-state index contributed by atoms with van der Waals surface area (Å²) < 4.78 is 26.0. The van der Waals surface area contributed by atoms with Gasteiger partial charge in [-0.1, -0.05) is 23.2 Å². The second-order valence-electron chi connectivity index (χ2n) is 3.59. The van der Waals surface area contributed by atoms with Crippen LogP contribution in [-0.2, 0) is 0 Å². The first-order chi connectivity index (χ1) is 9.31. The van der Waals surface area contributed by atoms with Crippen LogP contribution in [0.3, 0.4) is 0 Å². The predicted octanol–water partition coefficient (Wildman–Crippen LogP) is 4.23. The Balaban J connectivity index is 2.50. The number of hydrogen-bond donors (Lipinski definition) is 3. The minimum Gasteiger partial charge on any atom is -0.294 e. The Morgan fingerprint density at radius 2 is 2.05 bits per heavy atom. The Labute approximate surface area is 131 Å². The molecule has 20 heavy (non-hydrogen) atoms. The number of aromatic nitrogens is 2. The lowest BCUT2D eigenvalue weighted by molar-refractivity contribution is 0.228. The van der Waals surface area contributed by atoms with Gasteiger partial charge in [0.1, 0.15) is 15.6 Å². The zero-order chi connectivity index (χ0) is 15.0. The minimum absolute atomic E-state index is 0.0261. The number of pyridine rings is 1. The third-order valence-electron chi connectivity index (χ3n) is 2.24. The van der Waals surface area contributed by atoms with E-state index in [4.69, 9.17) is 34.0 Å². The van der Waals surface area contributed by atoms with E-state index in [1.54, 1.807) is 6.07 Å². The number of rotatable bonds is 2. The number of thiol groups is 1. The Kier molecular flexibility index (Phi) is 4.58. The van der Waals surface area contributed by atoms with Crippen molar-refractivity contribution in [3.8, 4) is 0 Å². The molecule has 0 aliphatic rings. The van der Waals surface area contributed by atoms with Crippen LogP contribution in [0.15, 0.2) is 17.2 Å². The largest absolute Gasteiger partial charge is 0.294 e. The van der Waals surface area contributed by atoms with E-state index in [1.165, 1.54) is 10.6 Å². The average molecular weight is 355 g/mol. The van der Waals surface area contributed by atoms with Gasteiger partial charge in [0.05, 0.1) is 5.02 Å². The second-order valence-corrected chi connectivity index (χ2v) is 5.92. The lowest BCUT2D eigenvalue weighted by Crippen LogP contribution is -2.10. The third-order valence-corrected chi connectivity index (χ3v) is 3.83. The van der Waals surface area contributed by atoms with Crippen LogP contribution in [0.2, 0.25) is 10.2 Å². The molecule has 0 aromatic carbocycles. The van der Waals surface area contributed by atoms with Crippen LogP contribution in [-0.4, -0.2) is 25.9 Å². The van der Waals surface area contributed by atoms with E-state index in [9.17, 15) is 8.78 Å². The first-order valence-corrected chi connectivity index (χ1v) is 7.02. The van der Waals surface area contributed by atoms with Crippen LogP contribution >= 0.6 is 47.6 Å². The highest BCUT2D eigenvalue weighted by atomic mass is 35.5. The van der Waals surface area contributed by atoms with Gasteiger partial charge in [0.15, 0.2) is 11.0 Å². The van der Waals surface area contributed by atoms with Crippen molar-refractivity contribution in [2.45, 2.75) is 11.3 Å². The normalized spacial score (nSPS) is 11.3. The van der Waals surface area contributed by atoms with Crippen molar-refractivity contribution in [1.82, 2.24) is 9.38 Å². The molecule has 2 aromatic rings. The molecule has 10 heteroatoms. The average Bonchev–Trinajstić information content (AvgIpc) is 2.66. The highest BCUT2D eigenvalue weighted by Gasteiger charge is 2.21. The van der Waals surface area contributed by atoms with Crippen molar-refractivity contribution >= 4 is 63.2 Å². The molecule has 0 atom stereocenters. The van der Waals surface area contributed by atoms with E-state index in [0.29, 0.717) is 22.2 Å². The first-order valence-electron chi connectivity index (χ1n) is 5.00. The molecule has 0 bridgehead atoms. The van der Waals surface area contributed by atoms with Crippen LogP contribution < -0.4 is 0 Å². The van der Waals surface area contributed by atoms with Gasteiger partial charge in [-0.25, -0.2) is 13.8 Å². The quantitative estimate of drug-likeness (QED) is 0.429. The number of imidazole rings is 1. The highest BCUT2D eigenvalue weighted by Crippen LogP contribution is 2.30. The summed E-state index contributed by atoms with van der Waals surface area (Å²) >= 11 is 16.4. The fourth-order valence-electron chi connectivity index (χ4n) is 1.47. The van der Waals surface area contributed by atoms with Gasteiger partial charge in [-0.15, -0.1) is 12.6 Å². The maximum absolute atomic E-state index is 12.3. The molecule has 2 aromatic heterocycles. The summed E-state index contributed by atoms with van der Waals surface area (Å²) in [6, 6.07) is 1.55. The Hall–Kier alpha value is -0.830. The maximum atomic E-state index is 12.3. The molecular formula is C10H6Cl2F2N4S2. The van der Waals surface area contributed by atoms with E-state index in [1.807, 2.05) is 0 Å². The van der Waals surface area contributed by atoms with Crippen molar-refractivity contribution in [3.63, 3.8) is 0 Å². The molecule has 2 rings (SSSR count). The van der Waals surface area contributed by atoms with E-state index >= 15 is 0 Å². The SMILES string of the molecule is N=C(SC(=N)C(F)F)c1nc(Cl)c2c(Cl)cc(S)cn12. The van der Waals surface area contributed by atoms with Gasteiger partial charge < -0.3 is 0 Å². The van der Waals surface area contributed by atoms with Gasteiger partial charge in [0.2, 0.25) is 0 Å². The molecule has 4 nitrogen and oxygen atoms in total. The van der Waals surface area contributed by atoms with Crippen LogP contribution in [0.25, 0.3) is 5.52 Å². The highest BCUT2D eigenvalue weighted by molar-refractivity contribution is 8.26. The Bertz CT molecular complexity index is 717. The van der Waals surface area contributed by atoms with E-state index in [0.717, 1.165) is 0 Å². The Morgan fingerprint density at radius 1 is 1.40 bits per heavy atom. The van der Waals surface area contributed by atoms with Gasteiger partial charge in [-0.2, -0.15) is 0 Å². The van der Waals surface area contributed by atoms with Crippen LogP contribution in [0.1, 0.15) is 5.82 Å². The second kappa shape index (κ2) is 5.88. The molecule has 0 radical (unpaired) electrons. The van der Waals surface area contributed by atoms with Crippen molar-refractivity contribution in [3.05, 3.63) is 28.3 Å². The van der Waals surface area contributed by atoms with E-state index < -0.39 is 11.5 Å². The summed E-state index contributed by atoms with van der Waals surface area (Å²) in [6.45, 7) is 0. The van der Waals surface area contributed by atoms with Crippen molar-refractivity contribution in [2.24, 2.45) is 0 Å². The zero-order valence-electron chi connectivity index (χ0n) is 9.49.